The van der Waals surface area contributed by atoms with Gasteiger partial charge in [-0.3, -0.25) is 4.79 Å². The van der Waals surface area contributed by atoms with Gasteiger partial charge in [0.2, 0.25) is 5.91 Å². The Hall–Kier alpha value is -1.05. The van der Waals surface area contributed by atoms with Gasteiger partial charge in [-0.2, -0.15) is 0 Å². The molecule has 21 heavy (non-hydrogen) atoms. The van der Waals surface area contributed by atoms with E-state index in [1.165, 1.54) is 19.3 Å². The largest absolute Gasteiger partial charge is 0.338 e. The predicted molar refractivity (Wildman–Crippen MR) is 86.7 cm³/mol. The molecule has 0 aliphatic heterocycles. The molecule has 1 amide bonds. The van der Waals surface area contributed by atoms with E-state index in [2.05, 4.69) is 31.4 Å². The van der Waals surface area contributed by atoms with Crippen LogP contribution in [-0.4, -0.2) is 23.9 Å². The highest BCUT2D eigenvalue weighted by Gasteiger charge is 2.46. The summed E-state index contributed by atoms with van der Waals surface area (Å²) in [7, 11) is 0. The van der Waals surface area contributed by atoms with Crippen molar-refractivity contribution < 1.29 is 4.79 Å². The third-order valence-electron chi connectivity index (χ3n) is 5.68. The molecular weight excluding hydrogens is 258 g/mol. The molecule has 0 spiro atoms. The minimum atomic E-state index is 0.335. The van der Waals surface area contributed by atoms with Crippen molar-refractivity contribution in [1.29, 1.82) is 0 Å². The molecule has 0 aromatic rings. The van der Waals surface area contributed by atoms with Gasteiger partial charge >= 0.3 is 0 Å². The van der Waals surface area contributed by atoms with Crippen molar-refractivity contribution in [2.75, 3.05) is 13.1 Å². The molecule has 3 aliphatic rings. The molecule has 3 aliphatic carbocycles. The number of carbonyl (C=O) groups excluding carboxylic acids is 1. The summed E-state index contributed by atoms with van der Waals surface area (Å²) in [5.74, 6) is 3.97. The summed E-state index contributed by atoms with van der Waals surface area (Å²) in [5, 5.41) is 0. The second-order valence-corrected chi connectivity index (χ2v) is 7.60. The normalized spacial score (nSPS) is 35.0. The first-order chi connectivity index (χ1) is 10.1. The van der Waals surface area contributed by atoms with E-state index in [4.69, 9.17) is 0 Å². The van der Waals surface area contributed by atoms with Gasteiger partial charge in [0.05, 0.1) is 0 Å². The average molecular weight is 287 g/mol. The van der Waals surface area contributed by atoms with E-state index in [0.717, 1.165) is 49.6 Å². The molecule has 0 saturated heterocycles. The van der Waals surface area contributed by atoms with Gasteiger partial charge in [-0.15, -0.1) is 6.58 Å². The van der Waals surface area contributed by atoms with Crippen LogP contribution in [0, 0.1) is 29.6 Å². The molecule has 2 heteroatoms. The quantitative estimate of drug-likeness (QED) is 0.675. The lowest BCUT2D eigenvalue weighted by atomic mass is 9.78. The first-order valence-electron chi connectivity index (χ1n) is 8.65. The van der Waals surface area contributed by atoms with E-state index in [1.807, 2.05) is 6.08 Å². The summed E-state index contributed by atoms with van der Waals surface area (Å²) in [6, 6.07) is 0. The maximum Gasteiger partial charge on any atom is 0.225 e. The van der Waals surface area contributed by atoms with E-state index >= 15 is 0 Å². The molecule has 2 fully saturated rings. The Morgan fingerprint density at radius 3 is 2.81 bits per heavy atom. The second kappa shape index (κ2) is 5.98. The lowest BCUT2D eigenvalue weighted by molar-refractivity contribution is -0.132. The number of rotatable bonds is 6. The Bertz CT molecular complexity index is 448. The van der Waals surface area contributed by atoms with E-state index < -0.39 is 0 Å². The molecule has 4 atom stereocenters. The van der Waals surface area contributed by atoms with E-state index in [1.54, 1.807) is 5.57 Å². The smallest absolute Gasteiger partial charge is 0.225 e. The third kappa shape index (κ3) is 3.41. The summed E-state index contributed by atoms with van der Waals surface area (Å²) in [6.45, 7) is 10.2. The maximum atomic E-state index is 12.3. The molecule has 0 aromatic carbocycles. The zero-order chi connectivity index (χ0) is 15.0. The zero-order valence-electron chi connectivity index (χ0n) is 13.6. The number of carbonyl (C=O) groups is 1. The SMILES string of the molecule is C=CCN(CC1CC1C1CC=C(C)CC1C)C(=O)C1CC1. The van der Waals surface area contributed by atoms with Gasteiger partial charge in [0, 0.05) is 19.0 Å². The standard InChI is InChI=1S/C19H29NO/c1-4-9-20(19(21)15-6-7-15)12-16-11-18(16)17-8-5-13(2)10-14(17)3/h4-5,14-18H,1,6-12H2,2-3H3. The number of hydrogen-bond donors (Lipinski definition) is 0. The van der Waals surface area contributed by atoms with E-state index in [-0.39, 0.29) is 0 Å². The molecule has 116 valence electrons. The molecule has 0 radical (unpaired) electrons. The van der Waals surface area contributed by atoms with Crippen molar-refractivity contribution >= 4 is 5.91 Å². The van der Waals surface area contributed by atoms with Crippen LogP contribution in [0.15, 0.2) is 24.3 Å². The topological polar surface area (TPSA) is 20.3 Å². The molecular formula is C19H29NO. The van der Waals surface area contributed by atoms with Crippen LogP contribution in [0.2, 0.25) is 0 Å². The first kappa shape index (κ1) is 14.9. The number of nitrogens with zero attached hydrogens (tertiary/aromatic N) is 1. The zero-order valence-corrected chi connectivity index (χ0v) is 13.6. The molecule has 0 heterocycles. The molecule has 2 nitrogen and oxygen atoms in total. The van der Waals surface area contributed by atoms with Gasteiger partial charge in [-0.25, -0.2) is 0 Å². The number of amides is 1. The van der Waals surface area contributed by atoms with Crippen LogP contribution < -0.4 is 0 Å². The predicted octanol–water partition coefficient (Wildman–Crippen LogP) is 4.04. The third-order valence-corrected chi connectivity index (χ3v) is 5.68. The van der Waals surface area contributed by atoms with Crippen LogP contribution in [0.4, 0.5) is 0 Å². The molecule has 4 unspecified atom stereocenters. The molecule has 0 N–H and O–H groups in total. The van der Waals surface area contributed by atoms with Crippen LogP contribution in [-0.2, 0) is 4.79 Å². The molecule has 2 saturated carbocycles. The van der Waals surface area contributed by atoms with Gasteiger partial charge in [0.15, 0.2) is 0 Å². The van der Waals surface area contributed by atoms with Crippen molar-refractivity contribution in [2.24, 2.45) is 29.6 Å². The minimum absolute atomic E-state index is 0.335. The van der Waals surface area contributed by atoms with Gasteiger partial charge in [-0.05, 0) is 62.7 Å². The highest BCUT2D eigenvalue weighted by atomic mass is 16.2. The van der Waals surface area contributed by atoms with Gasteiger partial charge in [0.25, 0.3) is 0 Å². The Kier molecular flexibility index (Phi) is 4.24. The van der Waals surface area contributed by atoms with E-state index in [9.17, 15) is 4.79 Å². The summed E-state index contributed by atoms with van der Waals surface area (Å²) >= 11 is 0. The lowest BCUT2D eigenvalue weighted by Gasteiger charge is -2.29. The number of hydrogen-bond acceptors (Lipinski definition) is 1. The Morgan fingerprint density at radius 1 is 1.43 bits per heavy atom. The van der Waals surface area contributed by atoms with Gasteiger partial charge in [-0.1, -0.05) is 24.6 Å². The maximum absolute atomic E-state index is 12.3. The highest BCUT2D eigenvalue weighted by Crippen LogP contribution is 2.51. The van der Waals surface area contributed by atoms with Crippen LogP contribution in [0.3, 0.4) is 0 Å². The molecule has 0 bridgehead atoms. The fourth-order valence-corrected chi connectivity index (χ4v) is 4.20. The van der Waals surface area contributed by atoms with Crippen LogP contribution in [0.1, 0.15) is 46.0 Å². The highest BCUT2D eigenvalue weighted by molar-refractivity contribution is 5.81. The average Bonchev–Trinajstić information content (AvgIpc) is 3.32. The monoisotopic (exact) mass is 287 g/mol. The Labute approximate surface area is 129 Å². The summed E-state index contributed by atoms with van der Waals surface area (Å²) in [4.78, 5) is 14.4. The van der Waals surface area contributed by atoms with Crippen molar-refractivity contribution in [1.82, 2.24) is 4.90 Å². The van der Waals surface area contributed by atoms with Crippen molar-refractivity contribution in [3.8, 4) is 0 Å². The Morgan fingerprint density at radius 2 is 2.19 bits per heavy atom. The fraction of sp³-hybridized carbons (Fsp3) is 0.737. The first-order valence-corrected chi connectivity index (χ1v) is 8.65. The summed E-state index contributed by atoms with van der Waals surface area (Å²) in [5.41, 5.74) is 1.56. The van der Waals surface area contributed by atoms with Crippen molar-refractivity contribution in [2.45, 2.75) is 46.0 Å². The summed E-state index contributed by atoms with van der Waals surface area (Å²) < 4.78 is 0. The van der Waals surface area contributed by atoms with Crippen molar-refractivity contribution in [3.05, 3.63) is 24.3 Å². The number of allylic oxidation sites excluding steroid dienone is 2. The van der Waals surface area contributed by atoms with Crippen LogP contribution in [0.25, 0.3) is 0 Å². The minimum Gasteiger partial charge on any atom is -0.338 e. The van der Waals surface area contributed by atoms with Gasteiger partial charge in [0.1, 0.15) is 0 Å². The fourth-order valence-electron chi connectivity index (χ4n) is 4.20. The Balaban J connectivity index is 1.54. The van der Waals surface area contributed by atoms with Crippen LogP contribution in [0.5, 0.6) is 0 Å². The van der Waals surface area contributed by atoms with Gasteiger partial charge < -0.3 is 4.90 Å². The summed E-state index contributed by atoms with van der Waals surface area (Å²) in [6.07, 6.45) is 10.4. The molecule has 3 rings (SSSR count). The van der Waals surface area contributed by atoms with E-state index in [0.29, 0.717) is 11.8 Å². The van der Waals surface area contributed by atoms with Crippen molar-refractivity contribution in [3.63, 3.8) is 0 Å². The molecule has 0 aromatic heterocycles. The van der Waals surface area contributed by atoms with Crippen LogP contribution >= 0.6 is 0 Å². The lowest BCUT2D eigenvalue weighted by Crippen LogP contribution is -2.35. The second-order valence-electron chi connectivity index (χ2n) is 7.60.